The first-order valence-electron chi connectivity index (χ1n) is 5.38. The first kappa shape index (κ1) is 12.6. The van der Waals surface area contributed by atoms with Crippen molar-refractivity contribution in [3.8, 4) is 0 Å². The molecule has 2 unspecified atom stereocenters. The third kappa shape index (κ3) is 3.55. The Kier molecular flexibility index (Phi) is 4.70. The molecule has 0 saturated heterocycles. The molecule has 15 heavy (non-hydrogen) atoms. The van der Waals surface area contributed by atoms with Crippen LogP contribution in [-0.2, 0) is 0 Å². The zero-order valence-electron chi connectivity index (χ0n) is 9.66. The predicted octanol–water partition coefficient (Wildman–Crippen LogP) is 2.34. The molecule has 3 nitrogen and oxygen atoms in total. The third-order valence-corrected chi connectivity index (χ3v) is 3.55. The van der Waals surface area contributed by atoms with Gasteiger partial charge >= 0.3 is 0 Å². The number of nitrogens with one attached hydrogen (secondary N) is 1. The SMILES string of the molecule is CCCC(C)(CO)NC(C)c1cncs1. The lowest BCUT2D eigenvalue weighted by atomic mass is 9.96. The Labute approximate surface area is 95.6 Å². The van der Waals surface area contributed by atoms with E-state index in [1.807, 2.05) is 11.7 Å². The Morgan fingerprint density at radius 2 is 2.40 bits per heavy atom. The number of hydrogen-bond acceptors (Lipinski definition) is 4. The lowest BCUT2D eigenvalue weighted by Gasteiger charge is -2.31. The molecule has 0 aliphatic carbocycles. The van der Waals surface area contributed by atoms with Crippen LogP contribution in [0.25, 0.3) is 0 Å². The minimum Gasteiger partial charge on any atom is -0.394 e. The molecule has 0 amide bonds. The van der Waals surface area contributed by atoms with Gasteiger partial charge < -0.3 is 10.4 Å². The van der Waals surface area contributed by atoms with E-state index in [0.717, 1.165) is 12.8 Å². The highest BCUT2D eigenvalue weighted by molar-refractivity contribution is 7.09. The van der Waals surface area contributed by atoms with E-state index in [1.165, 1.54) is 4.88 Å². The second kappa shape index (κ2) is 5.58. The van der Waals surface area contributed by atoms with Gasteiger partial charge in [0.25, 0.3) is 0 Å². The average Bonchev–Trinajstić information content (AvgIpc) is 2.71. The molecule has 1 aromatic heterocycles. The Morgan fingerprint density at radius 1 is 1.67 bits per heavy atom. The second-order valence-electron chi connectivity index (χ2n) is 4.24. The summed E-state index contributed by atoms with van der Waals surface area (Å²) in [5, 5.41) is 12.9. The van der Waals surface area contributed by atoms with Gasteiger partial charge in [0.1, 0.15) is 0 Å². The first-order valence-corrected chi connectivity index (χ1v) is 6.26. The van der Waals surface area contributed by atoms with E-state index >= 15 is 0 Å². The zero-order chi connectivity index (χ0) is 11.3. The van der Waals surface area contributed by atoms with Crippen molar-refractivity contribution >= 4 is 11.3 Å². The minimum atomic E-state index is -0.182. The smallest absolute Gasteiger partial charge is 0.0794 e. The summed E-state index contributed by atoms with van der Waals surface area (Å²) in [6, 6.07) is 0.251. The minimum absolute atomic E-state index is 0.171. The lowest BCUT2D eigenvalue weighted by molar-refractivity contribution is 0.154. The van der Waals surface area contributed by atoms with Crippen LogP contribution in [0.3, 0.4) is 0 Å². The van der Waals surface area contributed by atoms with Gasteiger partial charge in [0, 0.05) is 22.7 Å². The maximum Gasteiger partial charge on any atom is 0.0794 e. The van der Waals surface area contributed by atoms with Crippen molar-refractivity contribution in [2.24, 2.45) is 0 Å². The molecule has 0 saturated carbocycles. The second-order valence-corrected chi connectivity index (χ2v) is 5.16. The molecule has 86 valence electrons. The van der Waals surface area contributed by atoms with Crippen molar-refractivity contribution in [3.63, 3.8) is 0 Å². The standard InChI is InChI=1S/C11H20N2OS/c1-4-5-11(3,7-14)13-9(2)10-6-12-8-15-10/h6,8-9,13-14H,4-5,7H2,1-3H3. The van der Waals surface area contributed by atoms with Gasteiger partial charge in [-0.25, -0.2) is 0 Å². The number of aliphatic hydroxyl groups excluding tert-OH is 1. The first-order chi connectivity index (χ1) is 7.11. The monoisotopic (exact) mass is 228 g/mol. The summed E-state index contributed by atoms with van der Waals surface area (Å²) in [4.78, 5) is 5.27. The van der Waals surface area contributed by atoms with Crippen LogP contribution in [-0.4, -0.2) is 22.2 Å². The highest BCUT2D eigenvalue weighted by atomic mass is 32.1. The molecule has 0 bridgehead atoms. The zero-order valence-corrected chi connectivity index (χ0v) is 10.5. The highest BCUT2D eigenvalue weighted by Gasteiger charge is 2.24. The molecule has 1 heterocycles. The topological polar surface area (TPSA) is 45.1 Å². The molecule has 0 radical (unpaired) electrons. The summed E-state index contributed by atoms with van der Waals surface area (Å²) in [6.07, 6.45) is 3.93. The van der Waals surface area contributed by atoms with Crippen molar-refractivity contribution in [3.05, 3.63) is 16.6 Å². The largest absolute Gasteiger partial charge is 0.394 e. The quantitative estimate of drug-likeness (QED) is 0.785. The molecule has 1 rings (SSSR count). The lowest BCUT2D eigenvalue weighted by Crippen LogP contribution is -2.46. The number of aromatic nitrogens is 1. The number of rotatable bonds is 6. The molecule has 2 atom stereocenters. The maximum absolute atomic E-state index is 9.39. The van der Waals surface area contributed by atoms with Gasteiger partial charge in [-0.3, -0.25) is 4.98 Å². The molecule has 0 aliphatic rings. The Bertz CT molecular complexity index is 276. The molecule has 1 aromatic rings. The van der Waals surface area contributed by atoms with E-state index in [0.29, 0.717) is 0 Å². The van der Waals surface area contributed by atoms with E-state index < -0.39 is 0 Å². The van der Waals surface area contributed by atoms with Crippen LogP contribution in [0.1, 0.15) is 44.5 Å². The molecule has 4 heteroatoms. The molecule has 0 fully saturated rings. The summed E-state index contributed by atoms with van der Waals surface area (Å²) < 4.78 is 0. The number of hydrogen-bond donors (Lipinski definition) is 2. The van der Waals surface area contributed by atoms with E-state index in [2.05, 4.69) is 31.1 Å². The molecular formula is C11H20N2OS. The van der Waals surface area contributed by atoms with Gasteiger partial charge in [-0.05, 0) is 20.3 Å². The Hall–Kier alpha value is -0.450. The fraction of sp³-hybridized carbons (Fsp3) is 0.727. The van der Waals surface area contributed by atoms with Gasteiger partial charge in [-0.1, -0.05) is 13.3 Å². The van der Waals surface area contributed by atoms with Gasteiger partial charge in [-0.2, -0.15) is 0 Å². The number of nitrogens with zero attached hydrogens (tertiary/aromatic N) is 1. The molecule has 0 aromatic carbocycles. The normalized spacial score (nSPS) is 17.3. The van der Waals surface area contributed by atoms with Crippen LogP contribution < -0.4 is 5.32 Å². The van der Waals surface area contributed by atoms with E-state index in [4.69, 9.17) is 0 Å². The van der Waals surface area contributed by atoms with Gasteiger partial charge in [0.2, 0.25) is 0 Å². The summed E-state index contributed by atoms with van der Waals surface area (Å²) in [7, 11) is 0. The molecule has 0 aliphatic heterocycles. The number of aliphatic hydroxyl groups is 1. The summed E-state index contributed by atoms with van der Waals surface area (Å²) in [5.41, 5.74) is 1.65. The van der Waals surface area contributed by atoms with Crippen LogP contribution in [0.2, 0.25) is 0 Å². The van der Waals surface area contributed by atoms with Gasteiger partial charge in [0.05, 0.1) is 12.1 Å². The van der Waals surface area contributed by atoms with Crippen molar-refractivity contribution in [2.75, 3.05) is 6.61 Å². The van der Waals surface area contributed by atoms with Crippen LogP contribution in [0.4, 0.5) is 0 Å². The van der Waals surface area contributed by atoms with Crippen molar-refractivity contribution in [1.29, 1.82) is 0 Å². The summed E-state index contributed by atoms with van der Waals surface area (Å²) in [6.45, 7) is 6.47. The molecule has 0 spiro atoms. The van der Waals surface area contributed by atoms with Crippen LogP contribution in [0.5, 0.6) is 0 Å². The van der Waals surface area contributed by atoms with E-state index in [1.54, 1.807) is 11.3 Å². The van der Waals surface area contributed by atoms with Crippen molar-refractivity contribution in [1.82, 2.24) is 10.3 Å². The fourth-order valence-electron chi connectivity index (χ4n) is 1.78. The van der Waals surface area contributed by atoms with Gasteiger partial charge in [0.15, 0.2) is 0 Å². The summed E-state index contributed by atoms with van der Waals surface area (Å²) in [5.74, 6) is 0. The van der Waals surface area contributed by atoms with Crippen LogP contribution in [0.15, 0.2) is 11.7 Å². The third-order valence-electron chi connectivity index (χ3n) is 2.59. The van der Waals surface area contributed by atoms with Crippen molar-refractivity contribution < 1.29 is 5.11 Å². The number of thiazole rings is 1. The van der Waals surface area contributed by atoms with Crippen LogP contribution >= 0.6 is 11.3 Å². The van der Waals surface area contributed by atoms with Crippen molar-refractivity contribution in [2.45, 2.75) is 45.2 Å². The maximum atomic E-state index is 9.39. The van der Waals surface area contributed by atoms with E-state index in [9.17, 15) is 5.11 Å². The Balaban J connectivity index is 2.59. The highest BCUT2D eigenvalue weighted by Crippen LogP contribution is 2.21. The predicted molar refractivity (Wildman–Crippen MR) is 64.1 cm³/mol. The van der Waals surface area contributed by atoms with Crippen LogP contribution in [0, 0.1) is 0 Å². The van der Waals surface area contributed by atoms with E-state index in [-0.39, 0.29) is 18.2 Å². The molecular weight excluding hydrogens is 208 g/mol. The summed E-state index contributed by atoms with van der Waals surface area (Å²) >= 11 is 1.65. The fourth-order valence-corrected chi connectivity index (χ4v) is 2.41. The molecule has 2 N–H and O–H groups in total. The average molecular weight is 228 g/mol. The Morgan fingerprint density at radius 3 is 2.87 bits per heavy atom. The van der Waals surface area contributed by atoms with Gasteiger partial charge in [-0.15, -0.1) is 11.3 Å².